The molecule has 0 fully saturated rings. The monoisotopic (exact) mass is 194 g/mol. The standard InChI is InChI=1S/C9H7ClN2O/c1-5(13)6-2-12-8-4-11-3-7(10)9(6)8/h2-4,12H,1H3. The van der Waals surface area contributed by atoms with Gasteiger partial charge < -0.3 is 4.98 Å². The molecule has 0 aliphatic rings. The molecule has 2 aromatic heterocycles. The van der Waals surface area contributed by atoms with Crippen molar-refractivity contribution in [3.05, 3.63) is 29.2 Å². The molecule has 0 amide bonds. The molecule has 0 aliphatic carbocycles. The largest absolute Gasteiger partial charge is 0.359 e. The maximum absolute atomic E-state index is 11.2. The Balaban J connectivity index is 2.86. The summed E-state index contributed by atoms with van der Waals surface area (Å²) in [6.45, 7) is 1.51. The van der Waals surface area contributed by atoms with Crippen LogP contribution >= 0.6 is 11.6 Å². The Kier molecular flexibility index (Phi) is 1.81. The molecular formula is C9H7ClN2O. The summed E-state index contributed by atoms with van der Waals surface area (Å²) in [6, 6.07) is 0. The summed E-state index contributed by atoms with van der Waals surface area (Å²) in [6.07, 6.45) is 4.83. The molecule has 13 heavy (non-hydrogen) atoms. The van der Waals surface area contributed by atoms with E-state index < -0.39 is 0 Å². The van der Waals surface area contributed by atoms with E-state index in [1.807, 2.05) is 0 Å². The summed E-state index contributed by atoms with van der Waals surface area (Å²) < 4.78 is 0. The second-order valence-electron chi connectivity index (χ2n) is 2.80. The first kappa shape index (κ1) is 8.26. The quantitative estimate of drug-likeness (QED) is 0.709. The lowest BCUT2D eigenvalue weighted by atomic mass is 10.1. The Morgan fingerprint density at radius 3 is 3.00 bits per heavy atom. The summed E-state index contributed by atoms with van der Waals surface area (Å²) in [5, 5.41) is 1.26. The fraction of sp³-hybridized carbons (Fsp3) is 0.111. The molecule has 3 nitrogen and oxygen atoms in total. The number of ketones is 1. The molecule has 0 saturated heterocycles. The van der Waals surface area contributed by atoms with E-state index in [2.05, 4.69) is 9.97 Å². The number of hydrogen-bond acceptors (Lipinski definition) is 2. The maximum Gasteiger partial charge on any atom is 0.162 e. The van der Waals surface area contributed by atoms with Crippen molar-refractivity contribution in [2.75, 3.05) is 0 Å². The highest BCUT2D eigenvalue weighted by molar-refractivity contribution is 6.36. The van der Waals surface area contributed by atoms with Crippen LogP contribution in [0.3, 0.4) is 0 Å². The number of hydrogen-bond donors (Lipinski definition) is 1. The second kappa shape index (κ2) is 2.85. The highest BCUT2D eigenvalue weighted by Crippen LogP contribution is 2.25. The van der Waals surface area contributed by atoms with E-state index in [1.54, 1.807) is 12.4 Å². The molecule has 0 aliphatic heterocycles. The van der Waals surface area contributed by atoms with Crippen LogP contribution in [0.1, 0.15) is 17.3 Å². The van der Waals surface area contributed by atoms with Gasteiger partial charge in [0.25, 0.3) is 0 Å². The van der Waals surface area contributed by atoms with Crippen LogP contribution in [0.2, 0.25) is 5.02 Å². The highest BCUT2D eigenvalue weighted by Gasteiger charge is 2.10. The Morgan fingerprint density at radius 2 is 2.31 bits per heavy atom. The summed E-state index contributed by atoms with van der Waals surface area (Å²) in [4.78, 5) is 18.0. The smallest absolute Gasteiger partial charge is 0.162 e. The van der Waals surface area contributed by atoms with Crippen molar-refractivity contribution in [3.8, 4) is 0 Å². The van der Waals surface area contributed by atoms with Crippen LogP contribution in [-0.4, -0.2) is 15.8 Å². The van der Waals surface area contributed by atoms with Crippen LogP contribution in [0.4, 0.5) is 0 Å². The Labute approximate surface area is 79.7 Å². The number of halogens is 1. The van der Waals surface area contributed by atoms with Gasteiger partial charge in [-0.2, -0.15) is 0 Å². The Morgan fingerprint density at radius 1 is 1.54 bits per heavy atom. The number of pyridine rings is 1. The van der Waals surface area contributed by atoms with Gasteiger partial charge in [0.05, 0.1) is 16.7 Å². The van der Waals surface area contributed by atoms with E-state index in [1.165, 1.54) is 13.1 Å². The van der Waals surface area contributed by atoms with Gasteiger partial charge in [0.15, 0.2) is 5.78 Å². The number of aromatic amines is 1. The minimum absolute atomic E-state index is 0.000602. The first-order valence-electron chi connectivity index (χ1n) is 3.81. The van der Waals surface area contributed by atoms with Crippen molar-refractivity contribution in [1.29, 1.82) is 0 Å². The minimum Gasteiger partial charge on any atom is -0.359 e. The molecule has 4 heteroatoms. The number of rotatable bonds is 1. The topological polar surface area (TPSA) is 45.8 Å². The SMILES string of the molecule is CC(=O)c1c[nH]c2cncc(Cl)c12. The van der Waals surface area contributed by atoms with Gasteiger partial charge in [-0.15, -0.1) is 0 Å². The van der Waals surface area contributed by atoms with Gasteiger partial charge >= 0.3 is 0 Å². The number of Topliss-reactive ketones (excluding diaryl/α,β-unsaturated/α-hetero) is 1. The lowest BCUT2D eigenvalue weighted by Crippen LogP contribution is -1.89. The third-order valence-corrected chi connectivity index (χ3v) is 2.21. The number of carbonyl (C=O) groups is 1. The van der Waals surface area contributed by atoms with Gasteiger partial charge in [0.1, 0.15) is 0 Å². The summed E-state index contributed by atoms with van der Waals surface area (Å²) in [5.74, 6) is -0.000602. The van der Waals surface area contributed by atoms with Crippen molar-refractivity contribution in [3.63, 3.8) is 0 Å². The van der Waals surface area contributed by atoms with Crippen LogP contribution in [0.5, 0.6) is 0 Å². The van der Waals surface area contributed by atoms with E-state index in [-0.39, 0.29) is 5.78 Å². The first-order valence-corrected chi connectivity index (χ1v) is 4.19. The van der Waals surface area contributed by atoms with Crippen LogP contribution in [0, 0.1) is 0 Å². The van der Waals surface area contributed by atoms with Gasteiger partial charge in [-0.05, 0) is 6.92 Å². The van der Waals surface area contributed by atoms with Gasteiger partial charge in [0.2, 0.25) is 0 Å². The molecule has 0 saturated carbocycles. The first-order chi connectivity index (χ1) is 6.20. The lowest BCUT2D eigenvalue weighted by molar-refractivity contribution is 0.101. The molecular weight excluding hydrogens is 188 g/mol. The Hall–Kier alpha value is -1.35. The fourth-order valence-electron chi connectivity index (χ4n) is 1.32. The number of aromatic nitrogens is 2. The maximum atomic E-state index is 11.2. The summed E-state index contributed by atoms with van der Waals surface area (Å²) >= 11 is 5.91. The van der Waals surface area contributed by atoms with Crippen LogP contribution in [0.15, 0.2) is 18.6 Å². The molecule has 66 valence electrons. The van der Waals surface area contributed by atoms with E-state index in [9.17, 15) is 4.79 Å². The van der Waals surface area contributed by atoms with Gasteiger partial charge in [-0.25, -0.2) is 0 Å². The highest BCUT2D eigenvalue weighted by atomic mass is 35.5. The Bertz CT molecular complexity index is 475. The van der Waals surface area contributed by atoms with Crippen LogP contribution < -0.4 is 0 Å². The summed E-state index contributed by atoms with van der Waals surface area (Å²) in [5.41, 5.74) is 1.40. The zero-order valence-corrected chi connectivity index (χ0v) is 7.72. The van der Waals surface area contributed by atoms with Crippen LogP contribution in [0.25, 0.3) is 10.9 Å². The average Bonchev–Trinajstić information content (AvgIpc) is 2.49. The number of nitrogens with zero attached hydrogens (tertiary/aromatic N) is 1. The van der Waals surface area contributed by atoms with Gasteiger partial charge in [0, 0.05) is 23.3 Å². The molecule has 2 rings (SSSR count). The third-order valence-electron chi connectivity index (χ3n) is 1.92. The van der Waals surface area contributed by atoms with Crippen LogP contribution in [-0.2, 0) is 0 Å². The van der Waals surface area contributed by atoms with Crippen molar-refractivity contribution in [2.45, 2.75) is 6.92 Å². The van der Waals surface area contributed by atoms with E-state index in [0.717, 1.165) is 10.9 Å². The molecule has 0 radical (unpaired) electrons. The molecule has 2 heterocycles. The normalized spacial score (nSPS) is 10.6. The molecule has 0 atom stereocenters. The molecule has 1 N–H and O–H groups in total. The second-order valence-corrected chi connectivity index (χ2v) is 3.21. The molecule has 0 unspecified atom stereocenters. The zero-order valence-electron chi connectivity index (χ0n) is 6.97. The lowest BCUT2D eigenvalue weighted by Gasteiger charge is -1.94. The van der Waals surface area contributed by atoms with Gasteiger partial charge in [-0.3, -0.25) is 9.78 Å². The summed E-state index contributed by atoms with van der Waals surface area (Å²) in [7, 11) is 0. The molecule has 2 aromatic rings. The third kappa shape index (κ3) is 1.21. The predicted octanol–water partition coefficient (Wildman–Crippen LogP) is 2.42. The van der Waals surface area contributed by atoms with Gasteiger partial charge in [-0.1, -0.05) is 11.6 Å². The van der Waals surface area contributed by atoms with E-state index in [4.69, 9.17) is 11.6 Å². The molecule has 0 aromatic carbocycles. The minimum atomic E-state index is -0.000602. The average molecular weight is 195 g/mol. The number of nitrogens with one attached hydrogen (secondary N) is 1. The van der Waals surface area contributed by atoms with E-state index >= 15 is 0 Å². The van der Waals surface area contributed by atoms with Crippen molar-refractivity contribution >= 4 is 28.3 Å². The predicted molar refractivity (Wildman–Crippen MR) is 51.1 cm³/mol. The van der Waals surface area contributed by atoms with Crippen molar-refractivity contribution < 1.29 is 4.79 Å². The number of carbonyl (C=O) groups excluding carboxylic acids is 1. The molecule has 0 spiro atoms. The zero-order chi connectivity index (χ0) is 9.42. The van der Waals surface area contributed by atoms with Crippen molar-refractivity contribution in [1.82, 2.24) is 9.97 Å². The fourth-order valence-corrected chi connectivity index (χ4v) is 1.58. The molecule has 0 bridgehead atoms. The number of H-pyrrole nitrogens is 1. The van der Waals surface area contributed by atoms with Crippen molar-refractivity contribution in [2.24, 2.45) is 0 Å². The van der Waals surface area contributed by atoms with E-state index in [0.29, 0.717) is 10.6 Å². The number of fused-ring (bicyclic) bond motifs is 1.